The first-order valence-corrected chi connectivity index (χ1v) is 10.3. The molecule has 2 aromatic heterocycles. The summed E-state index contributed by atoms with van der Waals surface area (Å²) in [6, 6.07) is 10.2. The molecule has 30 heavy (non-hydrogen) atoms. The number of halogens is 1. The minimum absolute atomic E-state index is 0.139. The summed E-state index contributed by atoms with van der Waals surface area (Å²) in [5, 5.41) is 6.51. The van der Waals surface area contributed by atoms with Gasteiger partial charge in [0.05, 0.1) is 23.1 Å². The summed E-state index contributed by atoms with van der Waals surface area (Å²) in [4.78, 5) is 36.0. The molecule has 148 valence electrons. The van der Waals surface area contributed by atoms with Crippen LogP contribution in [0, 0.1) is 5.92 Å². The average Bonchev–Trinajstić information content (AvgIpc) is 3.44. The molecule has 3 amide bonds. The van der Waals surface area contributed by atoms with Crippen molar-refractivity contribution in [3.8, 4) is 10.7 Å². The number of aliphatic imine (C=N–C) groups is 1. The van der Waals surface area contributed by atoms with Gasteiger partial charge in [0.15, 0.2) is 0 Å². The number of imide groups is 1. The number of amides is 3. The number of nitrogens with zero attached hydrogens (tertiary/aromatic N) is 4. The zero-order valence-corrected chi connectivity index (χ0v) is 16.9. The van der Waals surface area contributed by atoms with Crippen LogP contribution in [0.15, 0.2) is 69.5 Å². The second-order valence-corrected chi connectivity index (χ2v) is 8.09. The maximum Gasteiger partial charge on any atom is 0.350 e. The van der Waals surface area contributed by atoms with Crippen molar-refractivity contribution in [1.29, 1.82) is 0 Å². The molecule has 0 N–H and O–H groups in total. The molecule has 0 bridgehead atoms. The summed E-state index contributed by atoms with van der Waals surface area (Å²) >= 11 is 7.40. The molecule has 1 atom stereocenters. The number of hydrogen-bond acceptors (Lipinski definition) is 6. The van der Waals surface area contributed by atoms with E-state index in [-0.39, 0.29) is 12.5 Å². The van der Waals surface area contributed by atoms with Crippen LogP contribution in [-0.4, -0.2) is 32.7 Å². The van der Waals surface area contributed by atoms with E-state index in [2.05, 4.69) is 15.1 Å². The number of aromatic nitrogens is 2. The zero-order chi connectivity index (χ0) is 20.7. The summed E-state index contributed by atoms with van der Waals surface area (Å²) in [5.41, 5.74) is 1.76. The van der Waals surface area contributed by atoms with Crippen molar-refractivity contribution in [3.05, 3.63) is 76.5 Å². The molecule has 2 aliphatic rings. The molecule has 9 heteroatoms. The fourth-order valence-corrected chi connectivity index (χ4v) is 4.01. The molecule has 0 saturated heterocycles. The van der Waals surface area contributed by atoms with Gasteiger partial charge in [-0.25, -0.2) is 4.79 Å². The molecular weight excluding hydrogens is 424 g/mol. The third kappa shape index (κ3) is 3.40. The van der Waals surface area contributed by atoms with Crippen LogP contribution in [0.1, 0.15) is 11.5 Å². The normalized spacial score (nSPS) is 18.3. The van der Waals surface area contributed by atoms with Crippen molar-refractivity contribution in [1.82, 2.24) is 15.0 Å². The number of carbonyl (C=O) groups excluding carboxylic acids is 2. The standard InChI is InChI=1S/C21H13ClN4O3S/c22-14-6-3-12(4-7-14)11-26-20(27)15-8-5-13(10-16(15)23-21(26)28)19-24-18(25-29-19)17-2-1-9-30-17/h1-10,15H,11H2. The Kier molecular flexibility index (Phi) is 4.65. The molecule has 0 fully saturated rings. The minimum atomic E-state index is -0.626. The van der Waals surface area contributed by atoms with Crippen LogP contribution in [0.2, 0.25) is 5.02 Å². The van der Waals surface area contributed by atoms with Gasteiger partial charge in [-0.2, -0.15) is 9.98 Å². The van der Waals surface area contributed by atoms with Gasteiger partial charge < -0.3 is 4.52 Å². The topological polar surface area (TPSA) is 88.7 Å². The van der Waals surface area contributed by atoms with Crippen LogP contribution in [0.5, 0.6) is 0 Å². The molecule has 1 aliphatic heterocycles. The van der Waals surface area contributed by atoms with Crippen LogP contribution < -0.4 is 0 Å². The Morgan fingerprint density at radius 2 is 2.00 bits per heavy atom. The molecule has 7 nitrogen and oxygen atoms in total. The van der Waals surface area contributed by atoms with Crippen molar-refractivity contribution in [2.24, 2.45) is 10.9 Å². The van der Waals surface area contributed by atoms with Crippen LogP contribution in [0.3, 0.4) is 0 Å². The highest BCUT2D eigenvalue weighted by atomic mass is 35.5. The Bertz CT molecular complexity index is 1230. The Labute approximate surface area is 180 Å². The number of allylic oxidation sites excluding steroid dienone is 3. The summed E-state index contributed by atoms with van der Waals surface area (Å²) in [7, 11) is 0. The first kappa shape index (κ1) is 18.7. The predicted octanol–water partition coefficient (Wildman–Crippen LogP) is 4.62. The lowest BCUT2D eigenvalue weighted by atomic mass is 9.91. The van der Waals surface area contributed by atoms with Crippen molar-refractivity contribution in [2.75, 3.05) is 0 Å². The smallest absolute Gasteiger partial charge is 0.334 e. The van der Waals surface area contributed by atoms with Crippen LogP contribution >= 0.6 is 22.9 Å². The summed E-state index contributed by atoms with van der Waals surface area (Å²) in [6.07, 6.45) is 5.09. The maximum atomic E-state index is 12.9. The third-order valence-corrected chi connectivity index (χ3v) is 5.86. The largest absolute Gasteiger partial charge is 0.350 e. The summed E-state index contributed by atoms with van der Waals surface area (Å²) in [5.74, 6) is -0.155. The first-order chi connectivity index (χ1) is 14.6. The molecule has 3 heterocycles. The minimum Gasteiger partial charge on any atom is -0.334 e. The van der Waals surface area contributed by atoms with E-state index in [9.17, 15) is 9.59 Å². The number of hydrogen-bond donors (Lipinski definition) is 0. The van der Waals surface area contributed by atoms with Crippen molar-refractivity contribution in [2.45, 2.75) is 6.54 Å². The van der Waals surface area contributed by atoms with Gasteiger partial charge in [0.2, 0.25) is 11.7 Å². The van der Waals surface area contributed by atoms with E-state index in [0.29, 0.717) is 28.0 Å². The Hall–Kier alpha value is -3.36. The van der Waals surface area contributed by atoms with E-state index in [1.807, 2.05) is 17.5 Å². The SMILES string of the molecule is O=C1N=C2C=C(c3nc(-c4cccs4)no3)C=CC2C(=O)N1Cc1ccc(Cl)cc1. The maximum absolute atomic E-state index is 12.9. The molecular formula is C21H13ClN4O3S. The highest BCUT2D eigenvalue weighted by molar-refractivity contribution is 7.13. The molecule has 0 saturated carbocycles. The van der Waals surface area contributed by atoms with E-state index in [1.54, 1.807) is 42.5 Å². The van der Waals surface area contributed by atoms with E-state index in [0.717, 1.165) is 15.3 Å². The van der Waals surface area contributed by atoms with Gasteiger partial charge in [-0.05, 0) is 35.2 Å². The Morgan fingerprint density at radius 3 is 2.77 bits per heavy atom. The second-order valence-electron chi connectivity index (χ2n) is 6.71. The highest BCUT2D eigenvalue weighted by Gasteiger charge is 2.37. The van der Waals surface area contributed by atoms with Gasteiger partial charge in [-0.1, -0.05) is 47.1 Å². The van der Waals surface area contributed by atoms with Gasteiger partial charge in [0.1, 0.15) is 0 Å². The number of benzene rings is 1. The van der Waals surface area contributed by atoms with Crippen LogP contribution in [0.4, 0.5) is 4.79 Å². The molecule has 0 spiro atoms. The van der Waals surface area contributed by atoms with Gasteiger partial charge in [0.25, 0.3) is 5.89 Å². The van der Waals surface area contributed by atoms with Crippen LogP contribution in [0.25, 0.3) is 16.3 Å². The Balaban J connectivity index is 1.40. The number of carbonyl (C=O) groups is 2. The zero-order valence-electron chi connectivity index (χ0n) is 15.4. The quantitative estimate of drug-likeness (QED) is 0.595. The van der Waals surface area contributed by atoms with Gasteiger partial charge in [0, 0.05) is 10.6 Å². The number of fused-ring (bicyclic) bond motifs is 1. The van der Waals surface area contributed by atoms with Crippen molar-refractivity contribution < 1.29 is 14.1 Å². The highest BCUT2D eigenvalue weighted by Crippen LogP contribution is 2.29. The second kappa shape index (κ2) is 7.47. The van der Waals surface area contributed by atoms with Gasteiger partial charge in [-0.15, -0.1) is 11.3 Å². The van der Waals surface area contributed by atoms with E-state index < -0.39 is 11.9 Å². The predicted molar refractivity (Wildman–Crippen MR) is 113 cm³/mol. The van der Waals surface area contributed by atoms with Crippen molar-refractivity contribution >= 4 is 46.2 Å². The van der Waals surface area contributed by atoms with E-state index in [1.165, 1.54) is 11.3 Å². The molecule has 1 unspecified atom stereocenters. The number of rotatable bonds is 4. The number of thiophene rings is 1. The fraction of sp³-hybridized carbons (Fsp3) is 0.0952. The molecule has 0 radical (unpaired) electrons. The summed E-state index contributed by atoms with van der Waals surface area (Å²) < 4.78 is 5.35. The lowest BCUT2D eigenvalue weighted by Crippen LogP contribution is -2.45. The lowest BCUT2D eigenvalue weighted by molar-refractivity contribution is -0.129. The monoisotopic (exact) mass is 436 g/mol. The van der Waals surface area contributed by atoms with Gasteiger partial charge in [-0.3, -0.25) is 9.69 Å². The van der Waals surface area contributed by atoms with E-state index >= 15 is 0 Å². The first-order valence-electron chi connectivity index (χ1n) is 9.05. The van der Waals surface area contributed by atoms with Gasteiger partial charge >= 0.3 is 6.03 Å². The Morgan fingerprint density at radius 1 is 1.17 bits per heavy atom. The lowest BCUT2D eigenvalue weighted by Gasteiger charge is -2.28. The molecule has 5 rings (SSSR count). The van der Waals surface area contributed by atoms with E-state index in [4.69, 9.17) is 16.1 Å². The fourth-order valence-electron chi connectivity index (χ4n) is 3.24. The third-order valence-electron chi connectivity index (χ3n) is 4.75. The average molecular weight is 437 g/mol. The molecule has 1 aliphatic carbocycles. The van der Waals surface area contributed by atoms with Crippen molar-refractivity contribution in [3.63, 3.8) is 0 Å². The molecule has 3 aromatic rings. The number of urea groups is 1. The van der Waals surface area contributed by atoms with Crippen LogP contribution in [-0.2, 0) is 11.3 Å². The molecule has 1 aromatic carbocycles. The summed E-state index contributed by atoms with van der Waals surface area (Å²) in [6.45, 7) is 0.139.